The SMILES string of the molecule is O=C(N[C@H]1CN2CCC1CC2)c1cn(-c2ccccc2)nc1-c1cccnc1. The van der Waals surface area contributed by atoms with E-state index in [4.69, 9.17) is 5.10 Å². The third kappa shape index (κ3) is 3.20. The Morgan fingerprint density at radius 2 is 1.89 bits per heavy atom. The summed E-state index contributed by atoms with van der Waals surface area (Å²) in [5, 5.41) is 8.01. The number of hydrogen-bond acceptors (Lipinski definition) is 4. The molecule has 2 aromatic heterocycles. The predicted molar refractivity (Wildman–Crippen MR) is 107 cm³/mol. The quantitative estimate of drug-likeness (QED) is 0.764. The first kappa shape index (κ1) is 17.1. The summed E-state index contributed by atoms with van der Waals surface area (Å²) in [6, 6.07) is 13.9. The van der Waals surface area contributed by atoms with Gasteiger partial charge in [0.05, 0.1) is 11.3 Å². The molecule has 28 heavy (non-hydrogen) atoms. The zero-order valence-corrected chi connectivity index (χ0v) is 15.7. The number of aromatic nitrogens is 3. The first-order chi connectivity index (χ1) is 13.8. The molecule has 6 nitrogen and oxygen atoms in total. The molecule has 1 atom stereocenters. The summed E-state index contributed by atoms with van der Waals surface area (Å²) < 4.78 is 1.77. The highest BCUT2D eigenvalue weighted by Crippen LogP contribution is 2.29. The van der Waals surface area contributed by atoms with E-state index in [0.29, 0.717) is 17.2 Å². The highest BCUT2D eigenvalue weighted by atomic mass is 16.1. The van der Waals surface area contributed by atoms with Crippen LogP contribution in [-0.2, 0) is 0 Å². The number of piperidine rings is 3. The summed E-state index contributed by atoms with van der Waals surface area (Å²) in [7, 11) is 0. The lowest BCUT2D eigenvalue weighted by atomic mass is 9.84. The van der Waals surface area contributed by atoms with Gasteiger partial charge in [-0.3, -0.25) is 9.78 Å². The molecule has 3 aliphatic heterocycles. The van der Waals surface area contributed by atoms with Crippen LogP contribution in [-0.4, -0.2) is 51.2 Å². The largest absolute Gasteiger partial charge is 0.348 e. The standard InChI is InChI=1S/C22H23N5O/c28-22(24-20-15-26-11-8-16(20)9-12-26)19-14-27(18-6-2-1-3-7-18)25-21(19)17-5-4-10-23-13-17/h1-7,10,13-14,16,20H,8-9,11-12,15H2,(H,24,28)/t20-/m0/s1. The molecule has 1 N–H and O–H groups in total. The topological polar surface area (TPSA) is 63.1 Å². The van der Waals surface area contributed by atoms with Gasteiger partial charge in [0.2, 0.25) is 0 Å². The molecular formula is C22H23N5O. The minimum Gasteiger partial charge on any atom is -0.348 e. The molecule has 2 bridgehead atoms. The Balaban J connectivity index is 1.48. The van der Waals surface area contributed by atoms with Crippen LogP contribution >= 0.6 is 0 Å². The van der Waals surface area contributed by atoms with Crippen LogP contribution in [0.3, 0.4) is 0 Å². The van der Waals surface area contributed by atoms with Gasteiger partial charge in [0.25, 0.3) is 5.91 Å². The van der Waals surface area contributed by atoms with Crippen LogP contribution in [0.15, 0.2) is 61.1 Å². The Morgan fingerprint density at radius 3 is 2.57 bits per heavy atom. The van der Waals surface area contributed by atoms with E-state index in [-0.39, 0.29) is 11.9 Å². The Hall–Kier alpha value is -2.99. The molecule has 1 amide bonds. The average Bonchev–Trinajstić information content (AvgIpc) is 3.22. The smallest absolute Gasteiger partial charge is 0.255 e. The van der Waals surface area contributed by atoms with Gasteiger partial charge < -0.3 is 10.2 Å². The van der Waals surface area contributed by atoms with Crippen molar-refractivity contribution in [2.75, 3.05) is 19.6 Å². The summed E-state index contributed by atoms with van der Waals surface area (Å²) in [5.41, 5.74) is 3.02. The van der Waals surface area contributed by atoms with Crippen molar-refractivity contribution in [3.63, 3.8) is 0 Å². The number of carbonyl (C=O) groups is 1. The van der Waals surface area contributed by atoms with E-state index in [1.54, 1.807) is 17.1 Å². The maximum Gasteiger partial charge on any atom is 0.255 e. The molecule has 6 heteroatoms. The molecule has 3 aromatic rings. The summed E-state index contributed by atoms with van der Waals surface area (Å²) in [5.74, 6) is 0.528. The first-order valence-corrected chi connectivity index (χ1v) is 9.86. The molecule has 0 aliphatic carbocycles. The molecule has 3 saturated heterocycles. The van der Waals surface area contributed by atoms with Crippen molar-refractivity contribution in [2.24, 2.45) is 5.92 Å². The van der Waals surface area contributed by atoms with Gasteiger partial charge in [-0.2, -0.15) is 5.10 Å². The number of nitrogens with zero attached hydrogens (tertiary/aromatic N) is 4. The Labute approximate surface area is 164 Å². The van der Waals surface area contributed by atoms with Crippen LogP contribution in [0.1, 0.15) is 23.2 Å². The Bertz CT molecular complexity index is 961. The van der Waals surface area contributed by atoms with Gasteiger partial charge in [0, 0.05) is 36.7 Å². The summed E-state index contributed by atoms with van der Waals surface area (Å²) in [4.78, 5) is 19.9. The monoisotopic (exact) mass is 373 g/mol. The minimum atomic E-state index is -0.0558. The lowest BCUT2D eigenvalue weighted by molar-refractivity contribution is 0.0621. The third-order valence-electron chi connectivity index (χ3n) is 5.89. The van der Waals surface area contributed by atoms with Gasteiger partial charge in [-0.15, -0.1) is 0 Å². The predicted octanol–water partition coefficient (Wildman–Crippen LogP) is 2.76. The number of hydrogen-bond donors (Lipinski definition) is 1. The molecule has 0 saturated carbocycles. The van der Waals surface area contributed by atoms with E-state index in [2.05, 4.69) is 15.2 Å². The molecule has 3 aliphatic rings. The highest BCUT2D eigenvalue weighted by Gasteiger charge is 2.35. The van der Waals surface area contributed by atoms with Gasteiger partial charge in [0.1, 0.15) is 5.69 Å². The van der Waals surface area contributed by atoms with Gasteiger partial charge in [-0.25, -0.2) is 4.68 Å². The van der Waals surface area contributed by atoms with Crippen LogP contribution in [0.25, 0.3) is 16.9 Å². The first-order valence-electron chi connectivity index (χ1n) is 9.86. The van der Waals surface area contributed by atoms with Crippen molar-refractivity contribution >= 4 is 5.91 Å². The maximum atomic E-state index is 13.2. The zero-order valence-electron chi connectivity index (χ0n) is 15.7. The highest BCUT2D eigenvalue weighted by molar-refractivity contribution is 6.00. The summed E-state index contributed by atoms with van der Waals surface area (Å²) in [6.45, 7) is 3.26. The number of benzene rings is 1. The molecule has 3 fully saturated rings. The van der Waals surface area contributed by atoms with E-state index >= 15 is 0 Å². The Morgan fingerprint density at radius 1 is 1.07 bits per heavy atom. The second-order valence-corrected chi connectivity index (χ2v) is 7.63. The number of fused-ring (bicyclic) bond motifs is 3. The van der Waals surface area contributed by atoms with E-state index in [9.17, 15) is 4.79 Å². The molecule has 142 valence electrons. The van der Waals surface area contributed by atoms with Crippen LogP contribution in [0.4, 0.5) is 0 Å². The van der Waals surface area contributed by atoms with Crippen molar-refractivity contribution in [1.29, 1.82) is 0 Å². The van der Waals surface area contributed by atoms with Crippen LogP contribution in [0.5, 0.6) is 0 Å². The number of carbonyl (C=O) groups excluding carboxylic acids is 1. The molecule has 1 aromatic carbocycles. The van der Waals surface area contributed by atoms with Gasteiger partial charge >= 0.3 is 0 Å². The van der Waals surface area contributed by atoms with Crippen molar-refractivity contribution in [3.05, 3.63) is 66.6 Å². The third-order valence-corrected chi connectivity index (χ3v) is 5.89. The van der Waals surface area contributed by atoms with Crippen LogP contribution in [0.2, 0.25) is 0 Å². The number of para-hydroxylation sites is 1. The minimum absolute atomic E-state index is 0.0558. The van der Waals surface area contributed by atoms with E-state index in [1.807, 2.05) is 48.7 Å². The van der Waals surface area contributed by atoms with Crippen molar-refractivity contribution in [3.8, 4) is 16.9 Å². The normalized spacial score (nSPS) is 23.5. The molecule has 0 spiro atoms. The summed E-state index contributed by atoms with van der Waals surface area (Å²) in [6.07, 6.45) is 7.65. The van der Waals surface area contributed by atoms with E-state index < -0.39 is 0 Å². The number of rotatable bonds is 4. The van der Waals surface area contributed by atoms with Crippen molar-refractivity contribution in [1.82, 2.24) is 25.0 Å². The lowest BCUT2D eigenvalue weighted by Crippen LogP contribution is -2.57. The Kier molecular flexibility index (Phi) is 4.41. The average molecular weight is 373 g/mol. The second-order valence-electron chi connectivity index (χ2n) is 7.63. The zero-order chi connectivity index (χ0) is 18.9. The molecule has 5 heterocycles. The fourth-order valence-corrected chi connectivity index (χ4v) is 4.34. The van der Waals surface area contributed by atoms with E-state index in [1.165, 1.54) is 12.8 Å². The lowest BCUT2D eigenvalue weighted by Gasteiger charge is -2.44. The molecule has 6 rings (SSSR count). The molecule has 0 radical (unpaired) electrons. The number of nitrogens with one attached hydrogen (secondary N) is 1. The van der Waals surface area contributed by atoms with Crippen LogP contribution < -0.4 is 5.32 Å². The molecule has 0 unspecified atom stereocenters. The fourth-order valence-electron chi connectivity index (χ4n) is 4.34. The second kappa shape index (κ2) is 7.20. The fraction of sp³-hybridized carbons (Fsp3) is 0.318. The summed E-state index contributed by atoms with van der Waals surface area (Å²) >= 11 is 0. The van der Waals surface area contributed by atoms with Gasteiger partial charge in [-0.1, -0.05) is 18.2 Å². The maximum absolute atomic E-state index is 13.2. The van der Waals surface area contributed by atoms with E-state index in [0.717, 1.165) is 30.9 Å². The number of pyridine rings is 1. The van der Waals surface area contributed by atoms with Crippen molar-refractivity contribution < 1.29 is 4.79 Å². The van der Waals surface area contributed by atoms with Crippen LogP contribution in [0, 0.1) is 5.92 Å². The number of amides is 1. The van der Waals surface area contributed by atoms with Gasteiger partial charge in [-0.05, 0) is 56.1 Å². The molecular weight excluding hydrogens is 350 g/mol. The van der Waals surface area contributed by atoms with Crippen molar-refractivity contribution in [2.45, 2.75) is 18.9 Å². The van der Waals surface area contributed by atoms with Gasteiger partial charge in [0.15, 0.2) is 0 Å².